The van der Waals surface area contributed by atoms with Crippen LogP contribution in [0.3, 0.4) is 0 Å². The standard InChI is InChI=1S/C14H9BrCl2FNO/c15-9-3-1-2-8(4-9)7-19-14(20)10-5-13(18)12(17)6-11(10)16/h1-6H,7H2,(H,19,20). The molecular weight excluding hydrogens is 368 g/mol. The van der Waals surface area contributed by atoms with Gasteiger partial charge in [0, 0.05) is 11.0 Å². The smallest absolute Gasteiger partial charge is 0.253 e. The normalized spacial score (nSPS) is 10.4. The van der Waals surface area contributed by atoms with Gasteiger partial charge in [0.1, 0.15) is 5.82 Å². The van der Waals surface area contributed by atoms with Gasteiger partial charge in [-0.25, -0.2) is 4.39 Å². The van der Waals surface area contributed by atoms with Gasteiger partial charge in [-0.1, -0.05) is 51.3 Å². The first-order valence-electron chi connectivity index (χ1n) is 5.64. The van der Waals surface area contributed by atoms with Crippen molar-refractivity contribution < 1.29 is 9.18 Å². The van der Waals surface area contributed by atoms with E-state index in [2.05, 4.69) is 21.2 Å². The lowest BCUT2D eigenvalue weighted by molar-refractivity contribution is 0.0950. The van der Waals surface area contributed by atoms with Gasteiger partial charge >= 0.3 is 0 Å². The average molecular weight is 377 g/mol. The third kappa shape index (κ3) is 3.72. The zero-order chi connectivity index (χ0) is 14.7. The number of hydrogen-bond acceptors (Lipinski definition) is 1. The summed E-state index contributed by atoms with van der Waals surface area (Å²) in [4.78, 5) is 12.0. The molecule has 2 aromatic carbocycles. The molecule has 0 aliphatic heterocycles. The third-order valence-corrected chi connectivity index (χ3v) is 3.69. The van der Waals surface area contributed by atoms with Crippen LogP contribution in [0, 0.1) is 5.82 Å². The van der Waals surface area contributed by atoms with Crippen LogP contribution in [0.25, 0.3) is 0 Å². The van der Waals surface area contributed by atoms with Crippen molar-refractivity contribution in [3.8, 4) is 0 Å². The quantitative estimate of drug-likeness (QED) is 0.764. The molecule has 2 nitrogen and oxygen atoms in total. The maximum atomic E-state index is 13.4. The third-order valence-electron chi connectivity index (χ3n) is 2.60. The number of amides is 1. The van der Waals surface area contributed by atoms with Gasteiger partial charge in [0.05, 0.1) is 15.6 Å². The van der Waals surface area contributed by atoms with Gasteiger partial charge in [-0.05, 0) is 29.8 Å². The van der Waals surface area contributed by atoms with Crippen LogP contribution in [0.1, 0.15) is 15.9 Å². The molecule has 0 heterocycles. The fourth-order valence-corrected chi connectivity index (χ4v) is 2.54. The lowest BCUT2D eigenvalue weighted by Gasteiger charge is -2.08. The molecule has 0 spiro atoms. The van der Waals surface area contributed by atoms with E-state index in [4.69, 9.17) is 23.2 Å². The molecule has 0 bridgehead atoms. The van der Waals surface area contributed by atoms with E-state index in [1.165, 1.54) is 6.07 Å². The predicted octanol–water partition coefficient (Wildman–Crippen LogP) is 4.83. The molecule has 0 aliphatic rings. The molecule has 0 aromatic heterocycles. The Hall–Kier alpha value is -1.10. The van der Waals surface area contributed by atoms with Crippen LogP contribution >= 0.6 is 39.1 Å². The molecule has 104 valence electrons. The first-order valence-corrected chi connectivity index (χ1v) is 7.19. The molecule has 2 rings (SSSR count). The van der Waals surface area contributed by atoms with Crippen molar-refractivity contribution in [2.24, 2.45) is 0 Å². The van der Waals surface area contributed by atoms with E-state index in [-0.39, 0.29) is 15.6 Å². The van der Waals surface area contributed by atoms with Gasteiger partial charge in [0.25, 0.3) is 5.91 Å². The van der Waals surface area contributed by atoms with Crippen LogP contribution in [0.5, 0.6) is 0 Å². The number of carbonyl (C=O) groups is 1. The molecule has 20 heavy (non-hydrogen) atoms. The number of benzene rings is 2. The monoisotopic (exact) mass is 375 g/mol. The van der Waals surface area contributed by atoms with Crippen molar-refractivity contribution in [3.63, 3.8) is 0 Å². The lowest BCUT2D eigenvalue weighted by atomic mass is 10.2. The van der Waals surface area contributed by atoms with Crippen LogP contribution in [0.2, 0.25) is 10.0 Å². The highest BCUT2D eigenvalue weighted by Crippen LogP contribution is 2.24. The average Bonchev–Trinajstić information content (AvgIpc) is 2.40. The second kappa shape index (κ2) is 6.57. The minimum Gasteiger partial charge on any atom is -0.348 e. The summed E-state index contributed by atoms with van der Waals surface area (Å²) < 4.78 is 14.3. The summed E-state index contributed by atoms with van der Waals surface area (Å²) in [5.41, 5.74) is 0.974. The van der Waals surface area contributed by atoms with Gasteiger partial charge in [-0.3, -0.25) is 4.79 Å². The number of carbonyl (C=O) groups excluding carboxylic acids is 1. The summed E-state index contributed by atoms with van der Waals surface area (Å²) in [5, 5.41) is 2.68. The Labute approximate surface area is 134 Å². The molecule has 0 unspecified atom stereocenters. The zero-order valence-electron chi connectivity index (χ0n) is 10.1. The Morgan fingerprint density at radius 2 is 1.95 bits per heavy atom. The number of hydrogen-bond donors (Lipinski definition) is 1. The highest BCUT2D eigenvalue weighted by atomic mass is 79.9. The second-order valence-electron chi connectivity index (χ2n) is 4.06. The molecule has 0 atom stereocenters. The molecule has 0 aliphatic carbocycles. The highest BCUT2D eigenvalue weighted by Gasteiger charge is 2.13. The lowest BCUT2D eigenvalue weighted by Crippen LogP contribution is -2.23. The number of nitrogens with one attached hydrogen (secondary N) is 1. The van der Waals surface area contributed by atoms with E-state index in [0.717, 1.165) is 16.1 Å². The van der Waals surface area contributed by atoms with Crippen LogP contribution in [-0.4, -0.2) is 5.91 Å². The van der Waals surface area contributed by atoms with Gasteiger partial charge in [-0.15, -0.1) is 0 Å². The summed E-state index contributed by atoms with van der Waals surface area (Å²) in [7, 11) is 0. The Morgan fingerprint density at radius 1 is 1.20 bits per heavy atom. The van der Waals surface area contributed by atoms with Crippen molar-refractivity contribution in [3.05, 3.63) is 67.9 Å². The molecule has 1 N–H and O–H groups in total. The van der Waals surface area contributed by atoms with E-state index in [0.29, 0.717) is 6.54 Å². The largest absolute Gasteiger partial charge is 0.348 e. The minimum atomic E-state index is -0.677. The summed E-state index contributed by atoms with van der Waals surface area (Å²) in [5.74, 6) is -1.13. The van der Waals surface area contributed by atoms with Crippen molar-refractivity contribution >= 4 is 45.0 Å². The van der Waals surface area contributed by atoms with Crippen molar-refractivity contribution in [2.75, 3.05) is 0 Å². The summed E-state index contributed by atoms with van der Waals surface area (Å²) in [6, 6.07) is 9.74. The topological polar surface area (TPSA) is 29.1 Å². The molecule has 0 radical (unpaired) electrons. The fraction of sp³-hybridized carbons (Fsp3) is 0.0714. The van der Waals surface area contributed by atoms with Crippen LogP contribution in [0.4, 0.5) is 4.39 Å². The van der Waals surface area contributed by atoms with Crippen molar-refractivity contribution in [2.45, 2.75) is 6.54 Å². The zero-order valence-corrected chi connectivity index (χ0v) is 13.2. The molecular formula is C14H9BrCl2FNO. The van der Waals surface area contributed by atoms with Gasteiger partial charge in [0.2, 0.25) is 0 Å². The first-order chi connectivity index (χ1) is 9.47. The van der Waals surface area contributed by atoms with Crippen molar-refractivity contribution in [1.82, 2.24) is 5.32 Å². The van der Waals surface area contributed by atoms with E-state index in [9.17, 15) is 9.18 Å². The molecule has 0 fully saturated rings. The second-order valence-corrected chi connectivity index (χ2v) is 5.79. The first kappa shape index (κ1) is 15.3. The summed E-state index contributed by atoms with van der Waals surface area (Å²) in [6.07, 6.45) is 0. The summed E-state index contributed by atoms with van der Waals surface area (Å²) in [6.45, 7) is 0.318. The minimum absolute atomic E-state index is 0.0589. The van der Waals surface area contributed by atoms with Gasteiger partial charge in [-0.2, -0.15) is 0 Å². The molecule has 0 saturated heterocycles. The van der Waals surface area contributed by atoms with E-state index < -0.39 is 11.7 Å². The Kier molecular flexibility index (Phi) is 5.02. The number of rotatable bonds is 3. The maximum absolute atomic E-state index is 13.4. The summed E-state index contributed by atoms with van der Waals surface area (Å²) >= 11 is 14.8. The van der Waals surface area contributed by atoms with Crippen molar-refractivity contribution in [1.29, 1.82) is 0 Å². The Bertz CT molecular complexity index is 664. The van der Waals surface area contributed by atoms with Gasteiger partial charge in [0.15, 0.2) is 0 Å². The van der Waals surface area contributed by atoms with E-state index in [1.807, 2.05) is 24.3 Å². The van der Waals surface area contributed by atoms with Gasteiger partial charge < -0.3 is 5.32 Å². The SMILES string of the molecule is O=C(NCc1cccc(Br)c1)c1cc(F)c(Cl)cc1Cl. The molecule has 1 amide bonds. The van der Waals surface area contributed by atoms with Crippen LogP contribution in [0.15, 0.2) is 40.9 Å². The van der Waals surface area contributed by atoms with Crippen LogP contribution < -0.4 is 5.32 Å². The maximum Gasteiger partial charge on any atom is 0.253 e. The van der Waals surface area contributed by atoms with E-state index in [1.54, 1.807) is 0 Å². The fourth-order valence-electron chi connectivity index (χ4n) is 1.62. The van der Waals surface area contributed by atoms with Crippen LogP contribution in [-0.2, 0) is 6.54 Å². The van der Waals surface area contributed by atoms with E-state index >= 15 is 0 Å². The Balaban J connectivity index is 2.11. The molecule has 2 aromatic rings. The molecule has 6 heteroatoms. The highest BCUT2D eigenvalue weighted by molar-refractivity contribution is 9.10. The Morgan fingerprint density at radius 3 is 2.65 bits per heavy atom. The predicted molar refractivity (Wildman–Crippen MR) is 81.7 cm³/mol. The number of halogens is 4. The molecule has 0 saturated carbocycles.